The van der Waals surface area contributed by atoms with E-state index in [0.29, 0.717) is 6.04 Å². The number of hydrogen-bond donors (Lipinski definition) is 1. The van der Waals surface area contributed by atoms with Crippen LogP contribution in [0.3, 0.4) is 0 Å². The van der Waals surface area contributed by atoms with Gasteiger partial charge in [0.1, 0.15) is 0 Å². The largest absolute Gasteiger partial charge is 0.342 e. The van der Waals surface area contributed by atoms with Gasteiger partial charge in [-0.25, -0.2) is 4.98 Å². The second kappa shape index (κ2) is 3.77. The lowest BCUT2D eigenvalue weighted by Crippen LogP contribution is -2.28. The fraction of sp³-hybridized carbons (Fsp3) is 0.750. The van der Waals surface area contributed by atoms with Crippen LogP contribution in [0.25, 0.3) is 0 Å². The first-order valence-electron chi connectivity index (χ1n) is 6.24. The second-order valence-corrected chi connectivity index (χ2v) is 5.31. The Bertz CT molecular complexity index is 359. The summed E-state index contributed by atoms with van der Waals surface area (Å²) < 4.78 is 2.27. The van der Waals surface area contributed by atoms with Gasteiger partial charge in [0.05, 0.1) is 0 Å². The standard InChI is InChI=1S/C12H20N4/c1-9(2)16-4-3-14-12(16)15-7-10-5-13-6-11(10)8-15/h3-4,9-11,13H,5-8H2,1-2H3. The molecule has 0 saturated carbocycles. The molecule has 0 radical (unpaired) electrons. The average Bonchev–Trinajstić information content (AvgIpc) is 2.91. The molecule has 4 heteroatoms. The van der Waals surface area contributed by atoms with Crippen molar-refractivity contribution in [2.45, 2.75) is 19.9 Å². The zero-order valence-electron chi connectivity index (χ0n) is 10.1. The summed E-state index contributed by atoms with van der Waals surface area (Å²) in [7, 11) is 0. The Hall–Kier alpha value is -1.03. The summed E-state index contributed by atoms with van der Waals surface area (Å²) in [6.07, 6.45) is 4.01. The van der Waals surface area contributed by atoms with Crippen molar-refractivity contribution in [2.24, 2.45) is 11.8 Å². The third kappa shape index (κ3) is 1.52. The highest BCUT2D eigenvalue weighted by Gasteiger charge is 2.37. The summed E-state index contributed by atoms with van der Waals surface area (Å²) in [6, 6.07) is 0.496. The Morgan fingerprint density at radius 1 is 1.31 bits per heavy atom. The molecular weight excluding hydrogens is 200 g/mol. The summed E-state index contributed by atoms with van der Waals surface area (Å²) in [5.74, 6) is 2.82. The number of aromatic nitrogens is 2. The number of imidazole rings is 1. The topological polar surface area (TPSA) is 33.1 Å². The average molecular weight is 220 g/mol. The summed E-state index contributed by atoms with van der Waals surface area (Å²) in [4.78, 5) is 6.97. The minimum atomic E-state index is 0.496. The van der Waals surface area contributed by atoms with E-state index in [1.165, 1.54) is 26.2 Å². The molecular formula is C12H20N4. The van der Waals surface area contributed by atoms with E-state index in [1.807, 2.05) is 6.20 Å². The summed E-state index contributed by atoms with van der Waals surface area (Å²) in [5, 5.41) is 3.47. The molecule has 0 bridgehead atoms. The van der Waals surface area contributed by atoms with Crippen LogP contribution in [0, 0.1) is 11.8 Å². The minimum Gasteiger partial charge on any atom is -0.342 e. The van der Waals surface area contributed by atoms with Crippen LogP contribution in [0.15, 0.2) is 12.4 Å². The van der Waals surface area contributed by atoms with Crippen molar-refractivity contribution in [3.63, 3.8) is 0 Å². The maximum Gasteiger partial charge on any atom is 0.205 e. The summed E-state index contributed by atoms with van der Waals surface area (Å²) in [5.41, 5.74) is 0. The van der Waals surface area contributed by atoms with Crippen molar-refractivity contribution in [1.82, 2.24) is 14.9 Å². The highest BCUT2D eigenvalue weighted by molar-refractivity contribution is 5.34. The van der Waals surface area contributed by atoms with Gasteiger partial charge in [0.25, 0.3) is 0 Å². The lowest BCUT2D eigenvalue weighted by Gasteiger charge is -2.21. The van der Waals surface area contributed by atoms with Crippen LogP contribution < -0.4 is 10.2 Å². The number of anilines is 1. The first-order valence-corrected chi connectivity index (χ1v) is 6.24. The molecule has 88 valence electrons. The molecule has 1 aromatic heterocycles. The van der Waals surface area contributed by atoms with Gasteiger partial charge in [-0.05, 0) is 25.7 Å². The molecule has 2 unspecified atom stereocenters. The molecule has 1 N–H and O–H groups in total. The molecule has 16 heavy (non-hydrogen) atoms. The van der Waals surface area contributed by atoms with Crippen LogP contribution in [0.5, 0.6) is 0 Å². The molecule has 2 aliphatic rings. The second-order valence-electron chi connectivity index (χ2n) is 5.31. The van der Waals surface area contributed by atoms with Crippen molar-refractivity contribution in [3.05, 3.63) is 12.4 Å². The van der Waals surface area contributed by atoms with Gasteiger partial charge in [-0.2, -0.15) is 0 Å². The van der Waals surface area contributed by atoms with Gasteiger partial charge in [-0.3, -0.25) is 0 Å². The predicted octanol–water partition coefficient (Wildman–Crippen LogP) is 1.12. The lowest BCUT2D eigenvalue weighted by atomic mass is 10.0. The molecule has 1 aromatic rings. The fourth-order valence-electron chi connectivity index (χ4n) is 2.97. The number of rotatable bonds is 2. The molecule has 4 nitrogen and oxygen atoms in total. The van der Waals surface area contributed by atoms with Gasteiger partial charge < -0.3 is 14.8 Å². The number of hydrogen-bond acceptors (Lipinski definition) is 3. The van der Waals surface area contributed by atoms with Crippen LogP contribution in [-0.4, -0.2) is 35.7 Å². The van der Waals surface area contributed by atoms with Crippen molar-refractivity contribution >= 4 is 5.95 Å². The molecule has 0 aliphatic carbocycles. The molecule has 2 atom stereocenters. The number of nitrogens with one attached hydrogen (secondary N) is 1. The van der Waals surface area contributed by atoms with Gasteiger partial charge in [-0.15, -0.1) is 0 Å². The highest BCUT2D eigenvalue weighted by Crippen LogP contribution is 2.30. The summed E-state index contributed by atoms with van der Waals surface area (Å²) in [6.45, 7) is 9.13. The van der Waals surface area contributed by atoms with Crippen LogP contribution in [0.1, 0.15) is 19.9 Å². The van der Waals surface area contributed by atoms with E-state index in [4.69, 9.17) is 0 Å². The molecule has 2 fully saturated rings. The van der Waals surface area contributed by atoms with E-state index in [1.54, 1.807) is 0 Å². The first kappa shape index (κ1) is 10.1. The quantitative estimate of drug-likeness (QED) is 0.811. The van der Waals surface area contributed by atoms with Crippen LogP contribution >= 0.6 is 0 Å². The third-order valence-corrected chi connectivity index (χ3v) is 3.88. The van der Waals surface area contributed by atoms with Gasteiger partial charge in [-0.1, -0.05) is 0 Å². The molecule has 3 rings (SSSR count). The maximum atomic E-state index is 4.52. The zero-order chi connectivity index (χ0) is 11.1. The number of nitrogens with zero attached hydrogens (tertiary/aromatic N) is 3. The first-order chi connectivity index (χ1) is 7.75. The fourth-order valence-corrected chi connectivity index (χ4v) is 2.97. The molecule has 3 heterocycles. The van der Waals surface area contributed by atoms with E-state index in [0.717, 1.165) is 17.8 Å². The smallest absolute Gasteiger partial charge is 0.205 e. The van der Waals surface area contributed by atoms with Gasteiger partial charge >= 0.3 is 0 Å². The third-order valence-electron chi connectivity index (χ3n) is 3.88. The van der Waals surface area contributed by atoms with Gasteiger partial charge in [0.2, 0.25) is 5.95 Å². The Morgan fingerprint density at radius 3 is 2.62 bits per heavy atom. The lowest BCUT2D eigenvalue weighted by molar-refractivity contribution is 0.533. The Balaban J connectivity index is 1.81. The monoisotopic (exact) mass is 220 g/mol. The Labute approximate surface area is 96.7 Å². The van der Waals surface area contributed by atoms with Crippen LogP contribution in [-0.2, 0) is 0 Å². The van der Waals surface area contributed by atoms with E-state index >= 15 is 0 Å². The molecule has 2 aliphatic heterocycles. The van der Waals surface area contributed by atoms with Crippen molar-refractivity contribution < 1.29 is 0 Å². The molecule has 2 saturated heterocycles. The molecule has 0 amide bonds. The molecule has 0 aromatic carbocycles. The highest BCUT2D eigenvalue weighted by atomic mass is 15.3. The normalized spacial score (nSPS) is 29.1. The van der Waals surface area contributed by atoms with Crippen molar-refractivity contribution in [1.29, 1.82) is 0 Å². The predicted molar refractivity (Wildman–Crippen MR) is 64.7 cm³/mol. The minimum absolute atomic E-state index is 0.496. The SMILES string of the molecule is CC(C)n1ccnc1N1CC2CNCC2C1. The van der Waals surface area contributed by atoms with Crippen LogP contribution in [0.2, 0.25) is 0 Å². The van der Waals surface area contributed by atoms with E-state index in [-0.39, 0.29) is 0 Å². The zero-order valence-corrected chi connectivity index (χ0v) is 10.1. The summed E-state index contributed by atoms with van der Waals surface area (Å²) >= 11 is 0. The Morgan fingerprint density at radius 2 is 2.00 bits per heavy atom. The Kier molecular flexibility index (Phi) is 2.39. The maximum absolute atomic E-state index is 4.52. The van der Waals surface area contributed by atoms with E-state index in [9.17, 15) is 0 Å². The van der Waals surface area contributed by atoms with Crippen molar-refractivity contribution in [3.8, 4) is 0 Å². The van der Waals surface area contributed by atoms with Gasteiger partial charge in [0.15, 0.2) is 0 Å². The van der Waals surface area contributed by atoms with Gasteiger partial charge in [0, 0.05) is 44.6 Å². The van der Waals surface area contributed by atoms with Crippen molar-refractivity contribution in [2.75, 3.05) is 31.1 Å². The molecule has 0 spiro atoms. The number of fused-ring (bicyclic) bond motifs is 1. The van der Waals surface area contributed by atoms with E-state index in [2.05, 4.69) is 39.8 Å². The van der Waals surface area contributed by atoms with Crippen LogP contribution in [0.4, 0.5) is 5.95 Å². The van der Waals surface area contributed by atoms with E-state index < -0.39 is 0 Å².